The van der Waals surface area contributed by atoms with E-state index in [4.69, 9.17) is 5.11 Å². The van der Waals surface area contributed by atoms with Gasteiger partial charge in [-0.15, -0.1) is 0 Å². The van der Waals surface area contributed by atoms with E-state index in [1.165, 1.54) is 0 Å². The highest BCUT2D eigenvalue weighted by atomic mass is 19.4. The molecule has 4 nitrogen and oxygen atoms in total. The summed E-state index contributed by atoms with van der Waals surface area (Å²) >= 11 is 0. The fourth-order valence-corrected chi connectivity index (χ4v) is 1.04. The first-order valence-electron chi connectivity index (χ1n) is 4.79. The molecule has 0 aromatic carbocycles. The number of halogens is 3. The van der Waals surface area contributed by atoms with Crippen LogP contribution in [0.3, 0.4) is 0 Å². The average Bonchev–Trinajstić information content (AvgIpc) is 2.27. The highest BCUT2D eigenvalue weighted by molar-refractivity contribution is 5.92. The van der Waals surface area contributed by atoms with Crippen LogP contribution in [0.1, 0.15) is 23.0 Å². The first kappa shape index (κ1) is 13.4. The Morgan fingerprint density at radius 2 is 2.18 bits per heavy atom. The van der Waals surface area contributed by atoms with E-state index >= 15 is 0 Å². The van der Waals surface area contributed by atoms with Gasteiger partial charge < -0.3 is 10.4 Å². The Kier molecular flexibility index (Phi) is 4.06. The van der Waals surface area contributed by atoms with Gasteiger partial charge in [0.25, 0.3) is 5.91 Å². The zero-order valence-corrected chi connectivity index (χ0v) is 8.95. The third-order valence-electron chi connectivity index (χ3n) is 1.97. The van der Waals surface area contributed by atoms with Gasteiger partial charge >= 0.3 is 6.18 Å². The molecule has 0 fully saturated rings. The number of aliphatic hydroxyl groups is 1. The van der Waals surface area contributed by atoms with Gasteiger partial charge in [-0.25, -0.2) is 0 Å². The molecule has 0 saturated heterocycles. The SMILES string of the molecule is C[C@@H](CO)NC(=O)c1ccc(C(F)(F)F)cn1. The summed E-state index contributed by atoms with van der Waals surface area (Å²) in [5.41, 5.74) is -1.04. The van der Waals surface area contributed by atoms with Crippen LogP contribution in [0.15, 0.2) is 18.3 Å². The third-order valence-corrected chi connectivity index (χ3v) is 1.97. The van der Waals surface area contributed by atoms with Gasteiger partial charge in [0.05, 0.1) is 12.2 Å². The number of hydrogen-bond acceptors (Lipinski definition) is 3. The first-order valence-corrected chi connectivity index (χ1v) is 4.79. The minimum absolute atomic E-state index is 0.127. The predicted octanol–water partition coefficient (Wildman–Crippen LogP) is 1.21. The van der Waals surface area contributed by atoms with Gasteiger partial charge in [0.1, 0.15) is 5.69 Å². The normalized spacial score (nSPS) is 13.2. The van der Waals surface area contributed by atoms with Gasteiger partial charge in [0, 0.05) is 12.2 Å². The maximum atomic E-state index is 12.2. The fourth-order valence-electron chi connectivity index (χ4n) is 1.04. The standard InChI is InChI=1S/C10H11F3N2O2/c1-6(5-16)15-9(17)8-3-2-7(4-14-8)10(11,12)13/h2-4,6,16H,5H2,1H3,(H,15,17)/t6-/m0/s1. The van der Waals surface area contributed by atoms with E-state index in [-0.39, 0.29) is 12.3 Å². The van der Waals surface area contributed by atoms with Crippen LogP contribution in [0.5, 0.6) is 0 Å². The number of carbonyl (C=O) groups is 1. The molecule has 0 aliphatic carbocycles. The van der Waals surface area contributed by atoms with Gasteiger partial charge in [-0.05, 0) is 19.1 Å². The molecule has 0 unspecified atom stereocenters. The van der Waals surface area contributed by atoms with Crippen molar-refractivity contribution in [3.63, 3.8) is 0 Å². The number of aliphatic hydroxyl groups excluding tert-OH is 1. The summed E-state index contributed by atoms with van der Waals surface area (Å²) < 4.78 is 36.6. The summed E-state index contributed by atoms with van der Waals surface area (Å²) in [4.78, 5) is 14.8. The maximum Gasteiger partial charge on any atom is 0.417 e. The number of carbonyl (C=O) groups excluding carboxylic acids is 1. The smallest absolute Gasteiger partial charge is 0.394 e. The molecule has 1 heterocycles. The van der Waals surface area contributed by atoms with Crippen molar-refractivity contribution >= 4 is 5.91 Å². The minimum Gasteiger partial charge on any atom is -0.394 e. The zero-order valence-electron chi connectivity index (χ0n) is 8.95. The molecule has 17 heavy (non-hydrogen) atoms. The van der Waals surface area contributed by atoms with Crippen molar-refractivity contribution in [3.05, 3.63) is 29.6 Å². The Bertz CT molecular complexity index is 390. The van der Waals surface area contributed by atoms with E-state index < -0.39 is 23.7 Å². The van der Waals surface area contributed by atoms with Crippen molar-refractivity contribution in [2.75, 3.05) is 6.61 Å². The molecule has 1 aromatic rings. The van der Waals surface area contributed by atoms with Gasteiger partial charge in [-0.1, -0.05) is 0 Å². The minimum atomic E-state index is -4.47. The highest BCUT2D eigenvalue weighted by Gasteiger charge is 2.30. The fraction of sp³-hybridized carbons (Fsp3) is 0.400. The van der Waals surface area contributed by atoms with Crippen LogP contribution in [0.2, 0.25) is 0 Å². The van der Waals surface area contributed by atoms with Crippen molar-refractivity contribution in [2.24, 2.45) is 0 Å². The lowest BCUT2D eigenvalue weighted by molar-refractivity contribution is -0.137. The van der Waals surface area contributed by atoms with Crippen LogP contribution in [0.25, 0.3) is 0 Å². The number of rotatable bonds is 3. The summed E-state index contributed by atoms with van der Waals surface area (Å²) in [6, 6.07) is 1.29. The van der Waals surface area contributed by atoms with Crippen LogP contribution in [0, 0.1) is 0 Å². The summed E-state index contributed by atoms with van der Waals surface area (Å²) in [7, 11) is 0. The monoisotopic (exact) mass is 248 g/mol. The molecule has 7 heteroatoms. The molecular formula is C10H11F3N2O2. The largest absolute Gasteiger partial charge is 0.417 e. The van der Waals surface area contributed by atoms with Crippen molar-refractivity contribution in [1.82, 2.24) is 10.3 Å². The quantitative estimate of drug-likeness (QED) is 0.845. The summed E-state index contributed by atoms with van der Waals surface area (Å²) in [5, 5.41) is 11.1. The molecule has 1 amide bonds. The van der Waals surface area contributed by atoms with Gasteiger partial charge in [-0.3, -0.25) is 9.78 Å². The van der Waals surface area contributed by atoms with Crippen molar-refractivity contribution in [1.29, 1.82) is 0 Å². The molecule has 0 bridgehead atoms. The Hall–Kier alpha value is -1.63. The van der Waals surface area contributed by atoms with Crippen LogP contribution >= 0.6 is 0 Å². The lowest BCUT2D eigenvalue weighted by atomic mass is 10.2. The Balaban J connectivity index is 2.78. The van der Waals surface area contributed by atoms with Crippen LogP contribution in [-0.4, -0.2) is 28.6 Å². The summed E-state index contributed by atoms with van der Waals surface area (Å²) in [5.74, 6) is -0.625. The molecule has 1 rings (SSSR count). The molecule has 0 spiro atoms. The molecule has 2 N–H and O–H groups in total. The first-order chi connectivity index (χ1) is 7.84. The topological polar surface area (TPSA) is 62.2 Å². The zero-order chi connectivity index (χ0) is 13.1. The lowest BCUT2D eigenvalue weighted by Crippen LogP contribution is -2.35. The molecule has 0 aliphatic rings. The molecule has 1 atom stereocenters. The molecule has 0 radical (unpaired) electrons. The number of aromatic nitrogens is 1. The number of alkyl halides is 3. The van der Waals surface area contributed by atoms with E-state index in [1.54, 1.807) is 6.92 Å². The van der Waals surface area contributed by atoms with Gasteiger partial charge in [0.15, 0.2) is 0 Å². The van der Waals surface area contributed by atoms with Crippen LogP contribution in [0.4, 0.5) is 13.2 Å². The molecular weight excluding hydrogens is 237 g/mol. The predicted molar refractivity (Wildman–Crippen MR) is 53.3 cm³/mol. The van der Waals surface area contributed by atoms with Crippen molar-refractivity contribution in [2.45, 2.75) is 19.1 Å². The summed E-state index contributed by atoms with van der Waals surface area (Å²) in [6.07, 6.45) is -3.88. The molecule has 94 valence electrons. The van der Waals surface area contributed by atoms with E-state index in [0.717, 1.165) is 12.1 Å². The van der Waals surface area contributed by atoms with Crippen LogP contribution < -0.4 is 5.32 Å². The maximum absolute atomic E-state index is 12.2. The van der Waals surface area contributed by atoms with Gasteiger partial charge in [-0.2, -0.15) is 13.2 Å². The van der Waals surface area contributed by atoms with Gasteiger partial charge in [0.2, 0.25) is 0 Å². The lowest BCUT2D eigenvalue weighted by Gasteiger charge is -2.10. The van der Waals surface area contributed by atoms with E-state index in [1.807, 2.05) is 0 Å². The second-order valence-corrected chi connectivity index (χ2v) is 3.49. The number of amides is 1. The third kappa shape index (κ3) is 3.70. The van der Waals surface area contributed by atoms with Crippen molar-refractivity contribution < 1.29 is 23.1 Å². The Morgan fingerprint density at radius 3 is 2.59 bits per heavy atom. The number of hydrogen-bond donors (Lipinski definition) is 2. The molecule has 1 aromatic heterocycles. The highest BCUT2D eigenvalue weighted by Crippen LogP contribution is 2.28. The summed E-state index contributed by atoms with van der Waals surface area (Å²) in [6.45, 7) is 1.30. The van der Waals surface area contributed by atoms with E-state index in [0.29, 0.717) is 6.20 Å². The number of nitrogens with one attached hydrogen (secondary N) is 1. The second kappa shape index (κ2) is 5.13. The molecule has 0 saturated carbocycles. The van der Waals surface area contributed by atoms with Crippen molar-refractivity contribution in [3.8, 4) is 0 Å². The second-order valence-electron chi connectivity index (χ2n) is 3.49. The Labute approximate surface area is 95.5 Å². The van der Waals surface area contributed by atoms with E-state index in [9.17, 15) is 18.0 Å². The molecule has 0 aliphatic heterocycles. The van der Waals surface area contributed by atoms with E-state index in [2.05, 4.69) is 10.3 Å². The Morgan fingerprint density at radius 1 is 1.53 bits per heavy atom. The number of nitrogens with zero attached hydrogens (tertiary/aromatic N) is 1. The number of pyridine rings is 1. The average molecular weight is 248 g/mol. The van der Waals surface area contributed by atoms with Crippen LogP contribution in [-0.2, 0) is 6.18 Å².